The molecule has 2 atom stereocenters. The van der Waals surface area contributed by atoms with Gasteiger partial charge in [0, 0.05) is 35.3 Å². The number of aryl methyl sites for hydroxylation is 1. The predicted octanol–water partition coefficient (Wildman–Crippen LogP) is 7.97. The van der Waals surface area contributed by atoms with Gasteiger partial charge in [0.05, 0.1) is 17.4 Å². The Kier molecular flexibility index (Phi) is 5.46. The minimum atomic E-state index is -0.0399. The van der Waals surface area contributed by atoms with E-state index in [-0.39, 0.29) is 17.9 Å². The van der Waals surface area contributed by atoms with Crippen molar-refractivity contribution in [2.45, 2.75) is 51.6 Å². The molecule has 0 aliphatic heterocycles. The van der Waals surface area contributed by atoms with Crippen LogP contribution in [-0.4, -0.2) is 21.2 Å². The van der Waals surface area contributed by atoms with Gasteiger partial charge in [-0.15, -0.1) is 0 Å². The highest BCUT2D eigenvalue weighted by Gasteiger charge is 2.36. The molecule has 0 amide bonds. The Balaban J connectivity index is 1.44. The average Bonchev–Trinajstić information content (AvgIpc) is 3.32. The summed E-state index contributed by atoms with van der Waals surface area (Å²) in [4.78, 5) is 9.67. The van der Waals surface area contributed by atoms with Crippen molar-refractivity contribution in [3.63, 3.8) is 0 Å². The number of hydrogen-bond acceptors (Lipinski definition) is 5. The van der Waals surface area contributed by atoms with Crippen molar-refractivity contribution in [1.29, 1.82) is 0 Å². The Morgan fingerprint density at radius 2 is 1.82 bits per heavy atom. The van der Waals surface area contributed by atoms with E-state index >= 15 is 0 Å². The lowest BCUT2D eigenvalue weighted by atomic mass is 9.72. The maximum atomic E-state index is 10.6. The third-order valence-electron chi connectivity index (χ3n) is 7.77. The summed E-state index contributed by atoms with van der Waals surface area (Å²) in [6.07, 6.45) is 22.9. The van der Waals surface area contributed by atoms with Crippen molar-refractivity contribution in [3.05, 3.63) is 100 Å². The first-order chi connectivity index (χ1) is 18.6. The minimum absolute atomic E-state index is 0.0399. The first-order valence-electron chi connectivity index (χ1n) is 13.5. The number of aromatic nitrogens is 2. The van der Waals surface area contributed by atoms with Crippen LogP contribution in [0.3, 0.4) is 0 Å². The van der Waals surface area contributed by atoms with Gasteiger partial charge in [-0.25, -0.2) is 4.98 Å². The number of hydrogen-bond donors (Lipinski definition) is 1. The maximum Gasteiger partial charge on any atom is 0.217 e. The van der Waals surface area contributed by atoms with Gasteiger partial charge in [0.2, 0.25) is 5.88 Å². The van der Waals surface area contributed by atoms with E-state index in [4.69, 9.17) is 14.1 Å². The van der Waals surface area contributed by atoms with Gasteiger partial charge >= 0.3 is 0 Å². The van der Waals surface area contributed by atoms with E-state index in [9.17, 15) is 5.11 Å². The Labute approximate surface area is 222 Å². The van der Waals surface area contributed by atoms with Crippen molar-refractivity contribution in [3.8, 4) is 5.88 Å². The van der Waals surface area contributed by atoms with E-state index < -0.39 is 0 Å². The lowest BCUT2D eigenvalue weighted by Gasteiger charge is -2.30. The average molecular weight is 503 g/mol. The second-order valence-corrected chi connectivity index (χ2v) is 10.6. The topological polar surface area (TPSA) is 68.4 Å². The molecule has 7 rings (SSSR count). The molecular formula is C33H30N2O3. The van der Waals surface area contributed by atoms with Gasteiger partial charge in [0.25, 0.3) is 0 Å². The highest BCUT2D eigenvalue weighted by molar-refractivity contribution is 5.99. The first kappa shape index (κ1) is 23.0. The summed E-state index contributed by atoms with van der Waals surface area (Å²) in [5.74, 6) is 2.41. The van der Waals surface area contributed by atoms with E-state index in [1.54, 1.807) is 0 Å². The lowest BCUT2D eigenvalue weighted by molar-refractivity contribution is 0.232. The van der Waals surface area contributed by atoms with Crippen LogP contribution in [0.25, 0.3) is 34.3 Å². The van der Waals surface area contributed by atoms with Gasteiger partial charge in [0.15, 0.2) is 5.82 Å². The van der Waals surface area contributed by atoms with Crippen LogP contribution in [-0.2, 0) is 6.42 Å². The quantitative estimate of drug-likeness (QED) is 0.392. The fraction of sp³-hybridized carbons (Fsp3) is 0.273. The SMILES string of the molecule is CC(C)Oc1cc(C2=Cc3oc4ccc5c(c4c3C3C=CC=CC23)C=CCC5)nc(C2=C(O)CCC=C2)n1. The van der Waals surface area contributed by atoms with Crippen LogP contribution in [0.4, 0.5) is 0 Å². The molecule has 1 aromatic carbocycles. The largest absolute Gasteiger partial charge is 0.512 e. The number of ether oxygens (including phenoxy) is 1. The number of fused-ring (bicyclic) bond motifs is 7. The summed E-state index contributed by atoms with van der Waals surface area (Å²) in [5, 5.41) is 11.9. The molecule has 0 bridgehead atoms. The van der Waals surface area contributed by atoms with Gasteiger partial charge in [0.1, 0.15) is 17.1 Å². The number of nitrogens with zero attached hydrogens (tertiary/aromatic N) is 2. The molecular weight excluding hydrogens is 472 g/mol. The lowest BCUT2D eigenvalue weighted by Crippen LogP contribution is -2.19. The van der Waals surface area contributed by atoms with Crippen molar-refractivity contribution in [2.24, 2.45) is 5.92 Å². The van der Waals surface area contributed by atoms with Crippen LogP contribution in [0.15, 0.2) is 70.9 Å². The Bertz CT molecular complexity index is 1640. The van der Waals surface area contributed by atoms with E-state index in [0.717, 1.165) is 41.9 Å². The molecule has 0 saturated heterocycles. The molecule has 4 aliphatic carbocycles. The molecule has 0 fully saturated rings. The molecule has 2 aromatic heterocycles. The van der Waals surface area contributed by atoms with E-state index in [1.807, 2.05) is 26.0 Å². The minimum Gasteiger partial charge on any atom is -0.512 e. The number of aliphatic hydroxyl groups excluding tert-OH is 1. The van der Waals surface area contributed by atoms with Gasteiger partial charge in [-0.2, -0.15) is 4.98 Å². The van der Waals surface area contributed by atoms with Gasteiger partial charge < -0.3 is 14.3 Å². The third kappa shape index (κ3) is 3.76. The molecule has 0 spiro atoms. The zero-order valence-corrected chi connectivity index (χ0v) is 21.6. The van der Waals surface area contributed by atoms with E-state index in [1.165, 1.54) is 22.1 Å². The second kappa shape index (κ2) is 9.02. The Morgan fingerprint density at radius 1 is 1.00 bits per heavy atom. The molecule has 5 nitrogen and oxygen atoms in total. The molecule has 2 heterocycles. The van der Waals surface area contributed by atoms with Crippen molar-refractivity contribution < 1.29 is 14.3 Å². The normalized spacial score (nSPS) is 21.5. The number of benzene rings is 1. The summed E-state index contributed by atoms with van der Waals surface area (Å²) in [7, 11) is 0. The van der Waals surface area contributed by atoms with Crippen molar-refractivity contribution in [1.82, 2.24) is 9.97 Å². The van der Waals surface area contributed by atoms with Crippen LogP contribution < -0.4 is 4.74 Å². The zero-order chi connectivity index (χ0) is 25.8. The van der Waals surface area contributed by atoms with Gasteiger partial charge in [-0.05, 0) is 62.0 Å². The zero-order valence-electron chi connectivity index (χ0n) is 21.6. The van der Waals surface area contributed by atoms with Crippen LogP contribution in [0.1, 0.15) is 73.0 Å². The third-order valence-corrected chi connectivity index (χ3v) is 7.77. The van der Waals surface area contributed by atoms with Gasteiger partial charge in [-0.3, -0.25) is 0 Å². The molecule has 1 N–H and O–H groups in total. The highest BCUT2D eigenvalue weighted by atomic mass is 16.5. The number of furan rings is 1. The second-order valence-electron chi connectivity index (χ2n) is 10.6. The van der Waals surface area contributed by atoms with Crippen molar-refractivity contribution in [2.75, 3.05) is 0 Å². The Morgan fingerprint density at radius 3 is 2.66 bits per heavy atom. The fourth-order valence-electron chi connectivity index (χ4n) is 6.10. The number of aliphatic hydroxyl groups is 1. The summed E-state index contributed by atoms with van der Waals surface area (Å²) < 4.78 is 12.6. The van der Waals surface area contributed by atoms with E-state index in [0.29, 0.717) is 29.5 Å². The summed E-state index contributed by atoms with van der Waals surface area (Å²) in [6, 6.07) is 6.25. The highest BCUT2D eigenvalue weighted by Crippen LogP contribution is 2.50. The molecule has 3 aromatic rings. The molecule has 0 saturated carbocycles. The van der Waals surface area contributed by atoms with Crippen molar-refractivity contribution >= 4 is 34.3 Å². The van der Waals surface area contributed by atoms with Crippen LogP contribution in [0.5, 0.6) is 5.88 Å². The predicted molar refractivity (Wildman–Crippen MR) is 152 cm³/mol. The molecule has 190 valence electrons. The van der Waals surface area contributed by atoms with Crippen LogP contribution in [0.2, 0.25) is 0 Å². The van der Waals surface area contributed by atoms with E-state index in [2.05, 4.69) is 65.7 Å². The smallest absolute Gasteiger partial charge is 0.217 e. The summed E-state index contributed by atoms with van der Waals surface area (Å²) in [5.41, 5.74) is 7.35. The molecule has 5 heteroatoms. The van der Waals surface area contributed by atoms with Gasteiger partial charge in [-0.1, -0.05) is 54.7 Å². The number of rotatable bonds is 4. The van der Waals surface area contributed by atoms with Crippen LogP contribution in [0, 0.1) is 5.92 Å². The summed E-state index contributed by atoms with van der Waals surface area (Å²) in [6.45, 7) is 3.97. The Hall–Kier alpha value is -4.12. The molecule has 38 heavy (non-hydrogen) atoms. The molecule has 0 radical (unpaired) electrons. The monoisotopic (exact) mass is 502 g/mol. The maximum absolute atomic E-state index is 10.6. The summed E-state index contributed by atoms with van der Waals surface area (Å²) >= 11 is 0. The number of allylic oxidation sites excluding steroid dienone is 10. The fourth-order valence-corrected chi connectivity index (χ4v) is 6.10. The molecule has 4 aliphatic rings. The van der Waals surface area contributed by atoms with Crippen LogP contribution >= 0.6 is 0 Å². The standard InChI is InChI=1S/C33H30N2O3/c1-19(2)37-30-18-26(34-33(35-30)24-13-7-8-14-27(24)36)25-17-29-32(23-12-6-5-11-22(23)25)31-21-10-4-3-9-20(21)15-16-28(31)38-29/h4-7,10-13,15-19,22-23,36H,3,8-9,14H2,1-2H3. The molecule has 2 unspecified atom stereocenters. The first-order valence-corrected chi connectivity index (χ1v) is 13.5.